The van der Waals surface area contributed by atoms with Crippen molar-refractivity contribution in [3.05, 3.63) is 54.0 Å². The minimum absolute atomic E-state index is 0.0664. The second-order valence-electron chi connectivity index (χ2n) is 6.32. The van der Waals surface area contributed by atoms with Crippen molar-refractivity contribution in [2.24, 2.45) is 5.73 Å². The number of carbonyl (C=O) groups excluding carboxylic acids is 2. The first kappa shape index (κ1) is 19.7. The molecule has 2 amide bonds. The van der Waals surface area contributed by atoms with E-state index in [2.05, 4.69) is 15.5 Å². The van der Waals surface area contributed by atoms with Crippen molar-refractivity contribution in [2.45, 2.75) is 31.6 Å². The Morgan fingerprint density at radius 1 is 1.29 bits per heavy atom. The molecule has 0 saturated carbocycles. The van der Waals surface area contributed by atoms with E-state index in [0.29, 0.717) is 16.7 Å². The number of hydrogen-bond donors (Lipinski definition) is 2. The number of aryl methyl sites for hydroxylation is 1. The van der Waals surface area contributed by atoms with Crippen molar-refractivity contribution in [1.29, 1.82) is 0 Å². The highest BCUT2D eigenvalue weighted by atomic mass is 32.2. The van der Waals surface area contributed by atoms with Gasteiger partial charge in [-0.15, -0.1) is 10.2 Å². The van der Waals surface area contributed by atoms with Crippen LogP contribution < -0.4 is 11.1 Å². The number of furan rings is 1. The Hall–Kier alpha value is -3.07. The highest BCUT2D eigenvalue weighted by Gasteiger charge is 2.18. The SMILES string of the molecule is Cc1cccc(-c2nnc(SCC(=O)NC(C)c3ccco3)n2CC(N)=O)c1. The van der Waals surface area contributed by atoms with Gasteiger partial charge in [-0.2, -0.15) is 0 Å². The van der Waals surface area contributed by atoms with Crippen LogP contribution in [-0.4, -0.2) is 32.3 Å². The molecule has 1 atom stereocenters. The predicted molar refractivity (Wildman–Crippen MR) is 105 cm³/mol. The average Bonchev–Trinajstić information content (AvgIpc) is 3.30. The molecule has 8 nitrogen and oxygen atoms in total. The van der Waals surface area contributed by atoms with Gasteiger partial charge in [0.2, 0.25) is 11.8 Å². The fraction of sp³-hybridized carbons (Fsp3) is 0.263. The van der Waals surface area contributed by atoms with E-state index in [0.717, 1.165) is 11.1 Å². The number of hydrogen-bond acceptors (Lipinski definition) is 6. The van der Waals surface area contributed by atoms with Crippen LogP contribution in [-0.2, 0) is 16.1 Å². The number of rotatable bonds is 8. The number of nitrogens with two attached hydrogens (primary N) is 1. The maximum absolute atomic E-state index is 12.3. The van der Waals surface area contributed by atoms with E-state index in [9.17, 15) is 9.59 Å². The summed E-state index contributed by atoms with van der Waals surface area (Å²) in [5.41, 5.74) is 7.28. The quantitative estimate of drug-likeness (QED) is 0.562. The van der Waals surface area contributed by atoms with Crippen LogP contribution in [0.3, 0.4) is 0 Å². The number of nitrogens with zero attached hydrogens (tertiary/aromatic N) is 3. The third kappa shape index (κ3) is 4.80. The summed E-state index contributed by atoms with van der Waals surface area (Å²) in [4.78, 5) is 23.8. The average molecular weight is 399 g/mol. The van der Waals surface area contributed by atoms with Gasteiger partial charge in [0.1, 0.15) is 12.3 Å². The molecule has 0 saturated heterocycles. The van der Waals surface area contributed by atoms with Crippen LogP contribution in [0.4, 0.5) is 0 Å². The van der Waals surface area contributed by atoms with Gasteiger partial charge in [-0.25, -0.2) is 0 Å². The summed E-state index contributed by atoms with van der Waals surface area (Å²) in [6, 6.07) is 11.0. The lowest BCUT2D eigenvalue weighted by atomic mass is 10.1. The molecule has 3 N–H and O–H groups in total. The zero-order valence-corrected chi connectivity index (χ0v) is 16.4. The lowest BCUT2D eigenvalue weighted by molar-refractivity contribution is -0.119. The van der Waals surface area contributed by atoms with E-state index in [4.69, 9.17) is 10.2 Å². The van der Waals surface area contributed by atoms with Crippen LogP contribution in [0.15, 0.2) is 52.2 Å². The first-order chi connectivity index (χ1) is 13.4. The minimum Gasteiger partial charge on any atom is -0.467 e. The second-order valence-corrected chi connectivity index (χ2v) is 7.26. The fourth-order valence-corrected chi connectivity index (χ4v) is 3.46. The molecule has 9 heteroatoms. The van der Waals surface area contributed by atoms with E-state index in [1.807, 2.05) is 38.1 Å². The maximum Gasteiger partial charge on any atom is 0.237 e. The van der Waals surface area contributed by atoms with Gasteiger partial charge in [-0.1, -0.05) is 35.5 Å². The lowest BCUT2D eigenvalue weighted by Crippen LogP contribution is -2.28. The molecule has 0 spiro atoms. The Labute approximate surface area is 166 Å². The predicted octanol–water partition coefficient (Wildman–Crippen LogP) is 2.30. The van der Waals surface area contributed by atoms with Crippen LogP contribution in [0, 0.1) is 6.92 Å². The first-order valence-corrected chi connectivity index (χ1v) is 9.66. The Bertz CT molecular complexity index is 968. The largest absolute Gasteiger partial charge is 0.467 e. The third-order valence-corrected chi connectivity index (χ3v) is 4.95. The highest BCUT2D eigenvalue weighted by Crippen LogP contribution is 2.24. The summed E-state index contributed by atoms with van der Waals surface area (Å²) in [6.45, 7) is 3.74. The Morgan fingerprint density at radius 2 is 2.11 bits per heavy atom. The molecule has 0 radical (unpaired) electrons. The smallest absolute Gasteiger partial charge is 0.237 e. The molecule has 0 aliphatic heterocycles. The Balaban J connectivity index is 1.72. The first-order valence-electron chi connectivity index (χ1n) is 8.68. The number of amides is 2. The monoisotopic (exact) mass is 399 g/mol. The summed E-state index contributed by atoms with van der Waals surface area (Å²) in [6.07, 6.45) is 1.56. The van der Waals surface area contributed by atoms with Crippen molar-refractivity contribution < 1.29 is 14.0 Å². The van der Waals surface area contributed by atoms with Crippen LogP contribution >= 0.6 is 11.8 Å². The van der Waals surface area contributed by atoms with Gasteiger partial charge in [0, 0.05) is 5.56 Å². The molecule has 0 aliphatic carbocycles. The molecule has 2 heterocycles. The molecule has 2 aromatic heterocycles. The summed E-state index contributed by atoms with van der Waals surface area (Å²) in [5, 5.41) is 11.7. The van der Waals surface area contributed by atoms with Crippen LogP contribution in [0.1, 0.15) is 24.3 Å². The molecule has 3 rings (SSSR count). The number of primary amides is 1. The highest BCUT2D eigenvalue weighted by molar-refractivity contribution is 7.99. The van der Waals surface area contributed by atoms with Crippen molar-refractivity contribution in [1.82, 2.24) is 20.1 Å². The molecule has 28 heavy (non-hydrogen) atoms. The third-order valence-electron chi connectivity index (χ3n) is 3.99. The number of nitrogens with one attached hydrogen (secondary N) is 1. The van der Waals surface area contributed by atoms with E-state index in [1.165, 1.54) is 11.8 Å². The standard InChI is InChI=1S/C19H21N5O3S/c1-12-5-3-6-14(9-12)18-22-23-19(24(18)10-16(20)25)28-11-17(26)21-13(2)15-7-4-8-27-15/h3-9,13H,10-11H2,1-2H3,(H2,20,25)(H,21,26). The zero-order chi connectivity index (χ0) is 20.1. The summed E-state index contributed by atoms with van der Waals surface area (Å²) in [5.74, 6) is 0.646. The summed E-state index contributed by atoms with van der Waals surface area (Å²) < 4.78 is 6.91. The van der Waals surface area contributed by atoms with E-state index >= 15 is 0 Å². The van der Waals surface area contributed by atoms with Crippen LogP contribution in [0.5, 0.6) is 0 Å². The van der Waals surface area contributed by atoms with Gasteiger partial charge in [0.15, 0.2) is 11.0 Å². The molecule has 0 aliphatic rings. The molecule has 146 valence electrons. The second kappa shape index (κ2) is 8.75. The molecular weight excluding hydrogens is 378 g/mol. The van der Waals surface area contributed by atoms with Crippen LogP contribution in [0.25, 0.3) is 11.4 Å². The molecular formula is C19H21N5O3S. The van der Waals surface area contributed by atoms with E-state index < -0.39 is 5.91 Å². The number of carbonyl (C=O) groups is 2. The van der Waals surface area contributed by atoms with Gasteiger partial charge in [0.25, 0.3) is 0 Å². The van der Waals surface area contributed by atoms with Crippen LogP contribution in [0.2, 0.25) is 0 Å². The number of benzene rings is 1. The minimum atomic E-state index is -0.508. The van der Waals surface area contributed by atoms with Crippen molar-refractivity contribution in [3.63, 3.8) is 0 Å². The van der Waals surface area contributed by atoms with Gasteiger partial charge in [-0.05, 0) is 32.0 Å². The number of thioether (sulfide) groups is 1. The fourth-order valence-electron chi connectivity index (χ4n) is 2.71. The van der Waals surface area contributed by atoms with Crippen molar-refractivity contribution in [2.75, 3.05) is 5.75 Å². The van der Waals surface area contributed by atoms with Crippen molar-refractivity contribution in [3.8, 4) is 11.4 Å². The van der Waals surface area contributed by atoms with Crippen molar-refractivity contribution >= 4 is 23.6 Å². The summed E-state index contributed by atoms with van der Waals surface area (Å²) >= 11 is 1.19. The molecule has 1 aromatic carbocycles. The zero-order valence-electron chi connectivity index (χ0n) is 15.6. The van der Waals surface area contributed by atoms with Gasteiger partial charge < -0.3 is 15.5 Å². The Kier molecular flexibility index (Phi) is 6.15. The molecule has 3 aromatic rings. The van der Waals surface area contributed by atoms with Gasteiger partial charge in [-0.3, -0.25) is 14.2 Å². The molecule has 0 bridgehead atoms. The van der Waals surface area contributed by atoms with E-state index in [1.54, 1.807) is 23.0 Å². The van der Waals surface area contributed by atoms with Gasteiger partial charge in [0.05, 0.1) is 18.1 Å². The summed E-state index contributed by atoms with van der Waals surface area (Å²) in [7, 11) is 0. The lowest BCUT2D eigenvalue weighted by Gasteiger charge is -2.11. The topological polar surface area (TPSA) is 116 Å². The normalized spacial score (nSPS) is 11.9. The van der Waals surface area contributed by atoms with Gasteiger partial charge >= 0.3 is 0 Å². The molecule has 0 fully saturated rings. The Morgan fingerprint density at radius 3 is 2.79 bits per heavy atom. The number of aromatic nitrogens is 3. The molecule has 1 unspecified atom stereocenters. The maximum atomic E-state index is 12.3. The van der Waals surface area contributed by atoms with E-state index in [-0.39, 0.29) is 24.2 Å².